The van der Waals surface area contributed by atoms with Gasteiger partial charge in [-0.05, 0) is 41.9 Å². The van der Waals surface area contributed by atoms with E-state index >= 15 is 0 Å². The molecule has 0 amide bonds. The van der Waals surface area contributed by atoms with E-state index in [-0.39, 0.29) is 29.8 Å². The minimum atomic E-state index is -0.185. The molecule has 1 saturated heterocycles. The zero-order valence-electron chi connectivity index (χ0n) is 14.7. The third kappa shape index (κ3) is 5.71. The molecule has 0 bridgehead atoms. The molecule has 1 aliphatic heterocycles. The summed E-state index contributed by atoms with van der Waals surface area (Å²) in [6.45, 7) is 7.95. The zero-order chi connectivity index (χ0) is 17.0. The van der Waals surface area contributed by atoms with Crippen molar-refractivity contribution in [1.82, 2.24) is 4.90 Å². The van der Waals surface area contributed by atoms with E-state index in [1.165, 1.54) is 5.56 Å². The summed E-state index contributed by atoms with van der Waals surface area (Å²) in [5.41, 5.74) is 6.78. The van der Waals surface area contributed by atoms with Crippen LogP contribution in [-0.4, -0.2) is 29.9 Å². The molecule has 0 saturated carbocycles. The predicted molar refractivity (Wildman–Crippen MR) is 98.9 cm³/mol. The van der Waals surface area contributed by atoms with E-state index in [2.05, 4.69) is 20.8 Å². The Kier molecular flexibility index (Phi) is 7.08. The number of nitrogens with two attached hydrogens (primary N) is 1. The summed E-state index contributed by atoms with van der Waals surface area (Å²) < 4.78 is 5.44. The maximum atomic E-state index is 12.1. The topological polar surface area (TPSA) is 79.4 Å². The van der Waals surface area contributed by atoms with Crippen LogP contribution in [0.5, 0.6) is 5.75 Å². The summed E-state index contributed by atoms with van der Waals surface area (Å²) in [5, 5.41) is 7.42. The van der Waals surface area contributed by atoms with Crippen molar-refractivity contribution in [2.75, 3.05) is 13.1 Å². The molecule has 0 radical (unpaired) electrons. The van der Waals surface area contributed by atoms with Crippen LogP contribution in [0.15, 0.2) is 24.3 Å². The number of nitrogens with one attached hydrogen (secondary N) is 1. The highest BCUT2D eigenvalue weighted by molar-refractivity contribution is 5.85. The van der Waals surface area contributed by atoms with E-state index in [4.69, 9.17) is 15.9 Å². The van der Waals surface area contributed by atoms with E-state index in [1.54, 1.807) is 0 Å². The summed E-state index contributed by atoms with van der Waals surface area (Å²) in [6.07, 6.45) is 2.17. The summed E-state index contributed by atoms with van der Waals surface area (Å²) in [5.74, 6) is 0.843. The number of piperidine rings is 1. The fraction of sp³-hybridized carbons (Fsp3) is 0.556. The molecular weight excluding hydrogens is 326 g/mol. The highest BCUT2D eigenvalue weighted by atomic mass is 35.5. The molecule has 0 unspecified atom stereocenters. The van der Waals surface area contributed by atoms with Gasteiger partial charge in [-0.2, -0.15) is 0 Å². The molecule has 1 aromatic carbocycles. The van der Waals surface area contributed by atoms with Gasteiger partial charge in [0.05, 0.1) is 0 Å². The highest BCUT2D eigenvalue weighted by Gasteiger charge is 2.23. The molecule has 1 aliphatic rings. The maximum Gasteiger partial charge on any atom is 0.311 e. The van der Waals surface area contributed by atoms with Gasteiger partial charge in [-0.15, -0.1) is 12.4 Å². The number of halogens is 1. The average Bonchev–Trinajstić information content (AvgIpc) is 2.47. The van der Waals surface area contributed by atoms with Gasteiger partial charge in [-0.1, -0.05) is 32.9 Å². The fourth-order valence-corrected chi connectivity index (χ4v) is 2.81. The lowest BCUT2D eigenvalue weighted by Crippen LogP contribution is -2.42. The minimum absolute atomic E-state index is 0. The first kappa shape index (κ1) is 20.3. The Morgan fingerprint density at radius 3 is 2.25 bits per heavy atom. The number of hydrogen-bond acceptors (Lipinski definition) is 3. The Morgan fingerprint density at radius 1 is 1.25 bits per heavy atom. The number of esters is 1. The smallest absolute Gasteiger partial charge is 0.311 e. The number of guanidine groups is 1. The Hall–Kier alpha value is -1.75. The number of ether oxygens (including phenoxy) is 1. The van der Waals surface area contributed by atoms with Gasteiger partial charge in [-0.3, -0.25) is 10.2 Å². The molecule has 0 atom stereocenters. The Labute approximate surface area is 150 Å². The normalized spacial score (nSPS) is 15.5. The third-order valence-corrected chi connectivity index (χ3v) is 4.36. The van der Waals surface area contributed by atoms with Crippen LogP contribution < -0.4 is 10.5 Å². The van der Waals surface area contributed by atoms with E-state index < -0.39 is 0 Å². The number of rotatable bonds is 3. The maximum absolute atomic E-state index is 12.1. The monoisotopic (exact) mass is 353 g/mol. The van der Waals surface area contributed by atoms with Crippen LogP contribution in [0.4, 0.5) is 0 Å². The average molecular weight is 354 g/mol. The molecule has 0 spiro atoms. The predicted octanol–water partition coefficient (Wildman–Crippen LogP) is 3.31. The van der Waals surface area contributed by atoms with Crippen molar-refractivity contribution in [3.63, 3.8) is 0 Å². The molecule has 6 heteroatoms. The number of carbonyl (C=O) groups is 1. The second-order valence-electron chi connectivity index (χ2n) is 7.27. The largest absolute Gasteiger partial charge is 0.427 e. The lowest BCUT2D eigenvalue weighted by Gasteiger charge is -2.31. The van der Waals surface area contributed by atoms with Gasteiger partial charge in [0, 0.05) is 19.5 Å². The van der Waals surface area contributed by atoms with Crippen LogP contribution in [-0.2, 0) is 10.2 Å². The minimum Gasteiger partial charge on any atom is -0.427 e. The molecular formula is C18H28ClN3O2. The van der Waals surface area contributed by atoms with Crippen molar-refractivity contribution in [2.45, 2.75) is 45.4 Å². The van der Waals surface area contributed by atoms with Crippen LogP contribution in [0, 0.1) is 11.3 Å². The molecule has 1 fully saturated rings. The van der Waals surface area contributed by atoms with Gasteiger partial charge in [0.15, 0.2) is 5.96 Å². The van der Waals surface area contributed by atoms with Gasteiger partial charge in [0.2, 0.25) is 0 Å². The molecule has 1 heterocycles. The third-order valence-electron chi connectivity index (χ3n) is 4.36. The standard InChI is InChI=1S/C18H27N3O2.ClH/c1-18(2,3)14-4-6-15(7-5-14)23-16(22)12-13-8-10-21(11-9-13)17(19)20;/h4-7,13H,8-12H2,1-3H3,(H3,19,20);1H. The zero-order valence-corrected chi connectivity index (χ0v) is 15.5. The molecule has 5 nitrogen and oxygen atoms in total. The van der Waals surface area contributed by atoms with Gasteiger partial charge in [-0.25, -0.2) is 0 Å². The molecule has 1 aromatic rings. The van der Waals surface area contributed by atoms with Crippen LogP contribution in [0.25, 0.3) is 0 Å². The molecule has 134 valence electrons. The van der Waals surface area contributed by atoms with Crippen LogP contribution in [0.1, 0.15) is 45.6 Å². The summed E-state index contributed by atoms with van der Waals surface area (Å²) in [4.78, 5) is 13.9. The summed E-state index contributed by atoms with van der Waals surface area (Å²) in [7, 11) is 0. The second-order valence-corrected chi connectivity index (χ2v) is 7.27. The lowest BCUT2D eigenvalue weighted by molar-refractivity contribution is -0.135. The van der Waals surface area contributed by atoms with Crippen molar-refractivity contribution in [1.29, 1.82) is 5.41 Å². The van der Waals surface area contributed by atoms with Crippen LogP contribution in [0.3, 0.4) is 0 Å². The first-order chi connectivity index (χ1) is 10.8. The van der Waals surface area contributed by atoms with E-state index in [1.807, 2.05) is 29.2 Å². The number of carbonyl (C=O) groups excluding carboxylic acids is 1. The first-order valence-corrected chi connectivity index (χ1v) is 8.16. The number of likely N-dealkylation sites (tertiary alicyclic amines) is 1. The Bertz CT molecular complexity index is 559. The molecule has 0 aliphatic carbocycles. The molecule has 3 N–H and O–H groups in total. The Morgan fingerprint density at radius 2 is 1.79 bits per heavy atom. The van der Waals surface area contributed by atoms with Crippen LogP contribution in [0.2, 0.25) is 0 Å². The number of nitrogens with zero attached hydrogens (tertiary/aromatic N) is 1. The summed E-state index contributed by atoms with van der Waals surface area (Å²) in [6, 6.07) is 7.73. The number of hydrogen-bond donors (Lipinski definition) is 2. The van der Waals surface area contributed by atoms with Crippen molar-refractivity contribution < 1.29 is 9.53 Å². The second kappa shape index (κ2) is 8.38. The van der Waals surface area contributed by atoms with E-state index in [0.29, 0.717) is 18.1 Å². The van der Waals surface area contributed by atoms with E-state index in [0.717, 1.165) is 25.9 Å². The van der Waals surface area contributed by atoms with Crippen molar-refractivity contribution in [2.24, 2.45) is 11.7 Å². The van der Waals surface area contributed by atoms with Gasteiger partial charge >= 0.3 is 5.97 Å². The number of benzene rings is 1. The SMILES string of the molecule is CC(C)(C)c1ccc(OC(=O)CC2CCN(C(=N)N)CC2)cc1.Cl. The van der Waals surface area contributed by atoms with Crippen molar-refractivity contribution in [3.8, 4) is 5.75 Å². The Balaban J connectivity index is 0.00000288. The summed E-state index contributed by atoms with van der Waals surface area (Å²) >= 11 is 0. The first-order valence-electron chi connectivity index (χ1n) is 8.16. The van der Waals surface area contributed by atoms with Crippen LogP contribution >= 0.6 is 12.4 Å². The fourth-order valence-electron chi connectivity index (χ4n) is 2.81. The van der Waals surface area contributed by atoms with Gasteiger partial charge in [0.1, 0.15) is 5.75 Å². The van der Waals surface area contributed by atoms with Crippen molar-refractivity contribution in [3.05, 3.63) is 29.8 Å². The van der Waals surface area contributed by atoms with Crippen molar-refractivity contribution >= 4 is 24.3 Å². The molecule has 2 rings (SSSR count). The van der Waals surface area contributed by atoms with Gasteiger partial charge < -0.3 is 15.4 Å². The lowest BCUT2D eigenvalue weighted by atomic mass is 9.87. The van der Waals surface area contributed by atoms with Gasteiger partial charge in [0.25, 0.3) is 0 Å². The quantitative estimate of drug-likeness (QED) is 0.378. The highest BCUT2D eigenvalue weighted by Crippen LogP contribution is 2.25. The molecule has 0 aromatic heterocycles. The molecule has 24 heavy (non-hydrogen) atoms. The van der Waals surface area contributed by atoms with E-state index in [9.17, 15) is 4.79 Å².